The molecule has 112 valence electrons. The van der Waals surface area contributed by atoms with Crippen LogP contribution in [0.2, 0.25) is 5.02 Å². The minimum absolute atomic E-state index is 0.00257. The van der Waals surface area contributed by atoms with Crippen molar-refractivity contribution >= 4 is 33.0 Å². The molecule has 2 aromatic rings. The molecule has 1 unspecified atom stereocenters. The molecule has 0 radical (unpaired) electrons. The zero-order chi connectivity index (χ0) is 15.0. The van der Waals surface area contributed by atoms with Gasteiger partial charge < -0.3 is 4.74 Å². The van der Waals surface area contributed by atoms with Crippen LogP contribution in [-0.4, -0.2) is 26.6 Å². The van der Waals surface area contributed by atoms with Crippen LogP contribution in [0.3, 0.4) is 0 Å². The highest BCUT2D eigenvalue weighted by molar-refractivity contribution is 7.89. The molecule has 5 nitrogen and oxygen atoms in total. The van der Waals surface area contributed by atoms with Gasteiger partial charge in [0.2, 0.25) is 10.0 Å². The SMILES string of the molecule is NS(=O)(=O)c1ccc(-c2ncc(C3CCOC3)s2)c(Cl)c1. The van der Waals surface area contributed by atoms with Crippen LogP contribution in [-0.2, 0) is 14.8 Å². The number of halogens is 1. The zero-order valence-corrected chi connectivity index (χ0v) is 13.3. The Labute approximate surface area is 131 Å². The molecule has 0 saturated carbocycles. The monoisotopic (exact) mass is 344 g/mol. The molecule has 0 bridgehead atoms. The van der Waals surface area contributed by atoms with Gasteiger partial charge in [0, 0.05) is 29.2 Å². The lowest BCUT2D eigenvalue weighted by atomic mass is 10.1. The van der Waals surface area contributed by atoms with Gasteiger partial charge in [0.05, 0.1) is 16.5 Å². The molecule has 0 amide bonds. The maximum Gasteiger partial charge on any atom is 0.238 e. The summed E-state index contributed by atoms with van der Waals surface area (Å²) in [7, 11) is -3.75. The molecule has 1 fully saturated rings. The first-order valence-electron chi connectivity index (χ1n) is 6.31. The van der Waals surface area contributed by atoms with Crippen molar-refractivity contribution in [1.82, 2.24) is 4.98 Å². The van der Waals surface area contributed by atoms with Crippen molar-refractivity contribution in [2.75, 3.05) is 13.2 Å². The average molecular weight is 345 g/mol. The van der Waals surface area contributed by atoms with Crippen LogP contribution >= 0.6 is 22.9 Å². The third kappa shape index (κ3) is 3.12. The van der Waals surface area contributed by atoms with Crippen LogP contribution in [0.5, 0.6) is 0 Å². The Morgan fingerprint density at radius 3 is 2.86 bits per heavy atom. The smallest absolute Gasteiger partial charge is 0.238 e. The number of nitrogens with two attached hydrogens (primary N) is 1. The maximum atomic E-state index is 11.3. The van der Waals surface area contributed by atoms with Crippen molar-refractivity contribution < 1.29 is 13.2 Å². The molecule has 1 saturated heterocycles. The van der Waals surface area contributed by atoms with Gasteiger partial charge in [-0.2, -0.15) is 0 Å². The summed E-state index contributed by atoms with van der Waals surface area (Å²) < 4.78 is 28.0. The fourth-order valence-corrected chi connectivity index (χ4v) is 4.21. The van der Waals surface area contributed by atoms with Gasteiger partial charge in [-0.1, -0.05) is 11.6 Å². The van der Waals surface area contributed by atoms with E-state index in [2.05, 4.69) is 4.98 Å². The molecule has 0 aliphatic carbocycles. The normalized spacial score (nSPS) is 19.0. The van der Waals surface area contributed by atoms with E-state index in [1.807, 2.05) is 6.20 Å². The quantitative estimate of drug-likeness (QED) is 0.927. The molecule has 2 N–H and O–H groups in total. The van der Waals surface area contributed by atoms with E-state index in [-0.39, 0.29) is 4.90 Å². The van der Waals surface area contributed by atoms with Crippen LogP contribution in [0.1, 0.15) is 17.2 Å². The molecule has 0 spiro atoms. The summed E-state index contributed by atoms with van der Waals surface area (Å²) in [5.74, 6) is 0.388. The standard InChI is InChI=1S/C13H13ClN2O3S2/c14-11-5-9(21(15,17)18)1-2-10(11)13-16-6-12(20-13)8-3-4-19-7-8/h1-2,5-6,8H,3-4,7H2,(H2,15,17,18). The van der Waals surface area contributed by atoms with Crippen LogP contribution < -0.4 is 5.14 Å². The molecule has 1 aromatic carbocycles. The third-order valence-electron chi connectivity index (χ3n) is 3.36. The number of ether oxygens (including phenoxy) is 1. The van der Waals surface area contributed by atoms with Gasteiger partial charge in [-0.25, -0.2) is 18.5 Å². The molecule has 2 heterocycles. The summed E-state index contributed by atoms with van der Waals surface area (Å²) in [5, 5.41) is 6.18. The molecule has 8 heteroatoms. The van der Waals surface area contributed by atoms with Gasteiger partial charge in [0.15, 0.2) is 0 Å². The van der Waals surface area contributed by atoms with Crippen LogP contribution in [0.25, 0.3) is 10.6 Å². The Bertz CT molecular complexity index is 767. The van der Waals surface area contributed by atoms with E-state index in [4.69, 9.17) is 21.5 Å². The zero-order valence-electron chi connectivity index (χ0n) is 11.0. The highest BCUT2D eigenvalue weighted by Crippen LogP contribution is 2.36. The summed E-state index contributed by atoms with van der Waals surface area (Å²) in [4.78, 5) is 5.54. The Kier molecular flexibility index (Phi) is 4.02. The van der Waals surface area contributed by atoms with Gasteiger partial charge in [-0.3, -0.25) is 0 Å². The average Bonchev–Trinajstić information content (AvgIpc) is 3.08. The lowest BCUT2D eigenvalue weighted by molar-refractivity contribution is 0.194. The van der Waals surface area contributed by atoms with Gasteiger partial charge in [0.25, 0.3) is 0 Å². The van der Waals surface area contributed by atoms with Crippen LogP contribution in [0.4, 0.5) is 0 Å². The molecular weight excluding hydrogens is 332 g/mol. The Morgan fingerprint density at radius 2 is 2.24 bits per heavy atom. The highest BCUT2D eigenvalue weighted by atomic mass is 35.5. The van der Waals surface area contributed by atoms with Gasteiger partial charge >= 0.3 is 0 Å². The van der Waals surface area contributed by atoms with Crippen molar-refractivity contribution in [3.8, 4) is 10.6 Å². The predicted molar refractivity (Wildman–Crippen MR) is 82.1 cm³/mol. The third-order valence-corrected chi connectivity index (χ3v) is 5.77. The van der Waals surface area contributed by atoms with E-state index < -0.39 is 10.0 Å². The molecule has 1 aromatic heterocycles. The topological polar surface area (TPSA) is 82.3 Å². The molecule has 3 rings (SSSR count). The van der Waals surface area contributed by atoms with E-state index >= 15 is 0 Å². The summed E-state index contributed by atoms with van der Waals surface area (Å²) in [6.07, 6.45) is 2.84. The van der Waals surface area contributed by atoms with E-state index in [1.165, 1.54) is 12.1 Å². The second kappa shape index (κ2) is 5.66. The number of thiazole rings is 1. The lowest BCUT2D eigenvalue weighted by Crippen LogP contribution is -2.11. The molecule has 1 atom stereocenters. The van der Waals surface area contributed by atoms with Crippen LogP contribution in [0, 0.1) is 0 Å². The van der Waals surface area contributed by atoms with E-state index in [1.54, 1.807) is 17.4 Å². The number of hydrogen-bond acceptors (Lipinski definition) is 5. The van der Waals surface area contributed by atoms with E-state index in [0.29, 0.717) is 16.5 Å². The largest absolute Gasteiger partial charge is 0.381 e. The van der Waals surface area contributed by atoms with Gasteiger partial charge in [0.1, 0.15) is 5.01 Å². The minimum Gasteiger partial charge on any atom is -0.381 e. The summed E-state index contributed by atoms with van der Waals surface area (Å²) in [6, 6.07) is 4.43. The number of rotatable bonds is 3. The number of sulfonamides is 1. The first-order valence-corrected chi connectivity index (χ1v) is 9.05. The van der Waals surface area contributed by atoms with Crippen molar-refractivity contribution in [1.29, 1.82) is 0 Å². The predicted octanol–water partition coefficient (Wildman–Crippen LogP) is 2.61. The van der Waals surface area contributed by atoms with Crippen molar-refractivity contribution in [2.24, 2.45) is 5.14 Å². The summed E-state index contributed by atoms with van der Waals surface area (Å²) >= 11 is 7.72. The second-order valence-corrected chi connectivity index (χ2v) is 7.85. The molecule has 1 aliphatic rings. The van der Waals surface area contributed by atoms with Crippen LogP contribution in [0.15, 0.2) is 29.3 Å². The lowest BCUT2D eigenvalue weighted by Gasteiger charge is -2.04. The summed E-state index contributed by atoms with van der Waals surface area (Å²) in [6.45, 7) is 1.50. The molecule has 1 aliphatic heterocycles. The first-order chi connectivity index (χ1) is 9.95. The molecule has 21 heavy (non-hydrogen) atoms. The Hall–Kier alpha value is -0.990. The second-order valence-electron chi connectivity index (χ2n) is 4.81. The number of hydrogen-bond donors (Lipinski definition) is 1. The Morgan fingerprint density at radius 1 is 1.43 bits per heavy atom. The maximum absolute atomic E-state index is 11.3. The fourth-order valence-electron chi connectivity index (χ4n) is 2.21. The number of benzene rings is 1. The number of aromatic nitrogens is 1. The van der Waals surface area contributed by atoms with E-state index in [0.717, 1.165) is 29.5 Å². The number of nitrogens with zero attached hydrogens (tertiary/aromatic N) is 1. The highest BCUT2D eigenvalue weighted by Gasteiger charge is 2.21. The van der Waals surface area contributed by atoms with Crippen molar-refractivity contribution in [2.45, 2.75) is 17.2 Å². The van der Waals surface area contributed by atoms with Crippen molar-refractivity contribution in [3.63, 3.8) is 0 Å². The summed E-state index contributed by atoms with van der Waals surface area (Å²) in [5.41, 5.74) is 0.708. The van der Waals surface area contributed by atoms with E-state index in [9.17, 15) is 8.42 Å². The first kappa shape index (κ1) is 14.9. The molecular formula is C13H13ClN2O3S2. The van der Waals surface area contributed by atoms with Gasteiger partial charge in [-0.15, -0.1) is 11.3 Å². The van der Waals surface area contributed by atoms with Gasteiger partial charge in [-0.05, 0) is 24.6 Å². The fraction of sp³-hybridized carbons (Fsp3) is 0.308. The Balaban J connectivity index is 1.94. The van der Waals surface area contributed by atoms with Crippen molar-refractivity contribution in [3.05, 3.63) is 34.3 Å². The minimum atomic E-state index is -3.75. The number of primary sulfonamides is 1.